The predicted molar refractivity (Wildman–Crippen MR) is 129 cm³/mol. The van der Waals surface area contributed by atoms with Gasteiger partial charge in [-0.1, -0.05) is 67.9 Å². The Hall–Kier alpha value is -2.94. The van der Waals surface area contributed by atoms with Gasteiger partial charge in [-0.15, -0.1) is 0 Å². The molecule has 7 nitrogen and oxygen atoms in total. The summed E-state index contributed by atoms with van der Waals surface area (Å²) in [6, 6.07) is 17.4. The number of nitrogens with one attached hydrogen (secondary N) is 1. The highest BCUT2D eigenvalue weighted by atomic mass is 35.5. The molecule has 9 heteroatoms. The van der Waals surface area contributed by atoms with Crippen LogP contribution in [0, 0.1) is 0 Å². The Kier molecular flexibility index (Phi) is 8.07. The molecule has 0 aliphatic carbocycles. The van der Waals surface area contributed by atoms with Crippen molar-refractivity contribution in [3.63, 3.8) is 0 Å². The first-order valence-corrected chi connectivity index (χ1v) is 12.3. The third-order valence-electron chi connectivity index (χ3n) is 5.13. The number of benzene rings is 3. The number of sulfonamides is 1. The summed E-state index contributed by atoms with van der Waals surface area (Å²) in [7, 11) is -3.72. The lowest BCUT2D eigenvalue weighted by atomic mass is 10.0. The lowest BCUT2D eigenvalue weighted by Crippen LogP contribution is -2.30. The highest BCUT2D eigenvalue weighted by Gasteiger charge is 2.23. The maximum absolute atomic E-state index is 12.7. The molecule has 3 aromatic carbocycles. The van der Waals surface area contributed by atoms with Crippen molar-refractivity contribution < 1.29 is 22.7 Å². The van der Waals surface area contributed by atoms with Gasteiger partial charge in [0.15, 0.2) is 6.61 Å². The number of amides is 1. The van der Waals surface area contributed by atoms with Crippen LogP contribution in [0.15, 0.2) is 65.6 Å². The van der Waals surface area contributed by atoms with E-state index in [0.717, 1.165) is 16.3 Å². The number of fused-ring (bicyclic) bond motifs is 1. The molecule has 0 radical (unpaired) electrons. The van der Waals surface area contributed by atoms with E-state index in [1.54, 1.807) is 13.8 Å². The van der Waals surface area contributed by atoms with Crippen LogP contribution in [0.5, 0.6) is 0 Å². The van der Waals surface area contributed by atoms with Gasteiger partial charge >= 0.3 is 5.97 Å². The Morgan fingerprint density at radius 2 is 1.70 bits per heavy atom. The van der Waals surface area contributed by atoms with Crippen molar-refractivity contribution >= 4 is 50.0 Å². The third-order valence-corrected chi connectivity index (χ3v) is 7.51. The highest BCUT2D eigenvalue weighted by Crippen LogP contribution is 2.27. The maximum atomic E-state index is 12.7. The zero-order chi connectivity index (χ0) is 24.0. The largest absolute Gasteiger partial charge is 0.455 e. The normalized spacial score (nSPS) is 11.5. The van der Waals surface area contributed by atoms with Crippen LogP contribution >= 0.6 is 11.6 Å². The predicted octanol–water partition coefficient (Wildman–Crippen LogP) is 4.25. The van der Waals surface area contributed by atoms with Crippen LogP contribution in [0.1, 0.15) is 19.4 Å². The Labute approximate surface area is 198 Å². The first-order valence-electron chi connectivity index (χ1n) is 10.5. The molecule has 174 valence electrons. The number of halogens is 1. The zero-order valence-electron chi connectivity index (χ0n) is 18.4. The molecule has 0 heterocycles. The SMILES string of the molecule is CCN(CC)S(=O)(=O)c1ccc(Cl)c(NC(=O)COC(=O)Cc2cccc3ccccc23)c1. The fourth-order valence-electron chi connectivity index (χ4n) is 3.46. The summed E-state index contributed by atoms with van der Waals surface area (Å²) in [5, 5.41) is 4.64. The third kappa shape index (κ3) is 5.90. The minimum absolute atomic E-state index is 0.0128. The summed E-state index contributed by atoms with van der Waals surface area (Å²) in [6.07, 6.45) is 0.0208. The molecule has 0 unspecified atom stereocenters. The van der Waals surface area contributed by atoms with Gasteiger partial charge in [0.2, 0.25) is 10.0 Å². The number of carbonyl (C=O) groups excluding carboxylic acids is 2. The topological polar surface area (TPSA) is 92.8 Å². The van der Waals surface area contributed by atoms with Crippen molar-refractivity contribution in [3.8, 4) is 0 Å². The lowest BCUT2D eigenvalue weighted by molar-refractivity contribution is -0.146. The van der Waals surface area contributed by atoms with Gasteiger partial charge in [0.05, 0.1) is 22.0 Å². The van der Waals surface area contributed by atoms with Crippen LogP contribution in [0.25, 0.3) is 10.8 Å². The number of ether oxygens (including phenoxy) is 1. The van der Waals surface area contributed by atoms with Gasteiger partial charge in [-0.3, -0.25) is 9.59 Å². The smallest absolute Gasteiger partial charge is 0.310 e. The van der Waals surface area contributed by atoms with Crippen LogP contribution in [-0.2, 0) is 30.8 Å². The van der Waals surface area contributed by atoms with Gasteiger partial charge < -0.3 is 10.1 Å². The zero-order valence-corrected chi connectivity index (χ0v) is 19.9. The standard InChI is InChI=1S/C24H25ClN2O5S/c1-3-27(4-2)33(30,31)19-12-13-21(25)22(15-19)26-23(28)16-32-24(29)14-18-10-7-9-17-8-5-6-11-20(17)18/h5-13,15H,3-4,14,16H2,1-2H3,(H,26,28). The first kappa shape index (κ1) is 24.7. The molecule has 3 rings (SSSR count). The molecule has 1 amide bonds. The Morgan fingerprint density at radius 1 is 1.00 bits per heavy atom. The molecule has 0 atom stereocenters. The molecule has 0 aliphatic rings. The second-order valence-electron chi connectivity index (χ2n) is 7.25. The molecule has 0 spiro atoms. The van der Waals surface area contributed by atoms with Crippen molar-refractivity contribution in [2.45, 2.75) is 25.2 Å². The minimum Gasteiger partial charge on any atom is -0.455 e. The number of esters is 1. The molecule has 0 aliphatic heterocycles. The first-order chi connectivity index (χ1) is 15.8. The fourth-order valence-corrected chi connectivity index (χ4v) is 5.11. The average Bonchev–Trinajstić information content (AvgIpc) is 2.80. The van der Waals surface area contributed by atoms with E-state index in [4.69, 9.17) is 16.3 Å². The van der Waals surface area contributed by atoms with Gasteiger partial charge in [-0.05, 0) is 34.5 Å². The van der Waals surface area contributed by atoms with E-state index in [9.17, 15) is 18.0 Å². The summed E-state index contributed by atoms with van der Waals surface area (Å²) in [5.41, 5.74) is 0.927. The van der Waals surface area contributed by atoms with Crippen LogP contribution in [0.3, 0.4) is 0 Å². The summed E-state index contributed by atoms with van der Waals surface area (Å²) in [4.78, 5) is 24.6. The van der Waals surface area contributed by atoms with E-state index in [2.05, 4.69) is 5.32 Å². The van der Waals surface area contributed by atoms with Crippen molar-refractivity contribution in [1.82, 2.24) is 4.31 Å². The molecule has 0 fully saturated rings. The highest BCUT2D eigenvalue weighted by molar-refractivity contribution is 7.89. The Bertz CT molecular complexity index is 1270. The molecule has 0 aromatic heterocycles. The van der Waals surface area contributed by atoms with Gasteiger partial charge in [0.25, 0.3) is 5.91 Å². The second kappa shape index (κ2) is 10.8. The molecule has 33 heavy (non-hydrogen) atoms. The molecule has 0 bridgehead atoms. The number of anilines is 1. The molecule has 0 saturated carbocycles. The van der Waals surface area contributed by atoms with Crippen molar-refractivity contribution in [3.05, 3.63) is 71.2 Å². The van der Waals surface area contributed by atoms with Crippen molar-refractivity contribution in [2.24, 2.45) is 0 Å². The van der Waals surface area contributed by atoms with Crippen LogP contribution in [-0.4, -0.2) is 44.3 Å². The van der Waals surface area contributed by atoms with Gasteiger partial charge in [-0.25, -0.2) is 8.42 Å². The van der Waals surface area contributed by atoms with E-state index in [0.29, 0.717) is 13.1 Å². The van der Waals surface area contributed by atoms with Crippen molar-refractivity contribution in [1.29, 1.82) is 0 Å². The molecule has 1 N–H and O–H groups in total. The summed E-state index contributed by atoms with van der Waals surface area (Å²) >= 11 is 6.13. The maximum Gasteiger partial charge on any atom is 0.310 e. The number of nitrogens with zero attached hydrogens (tertiary/aromatic N) is 1. The summed E-state index contributed by atoms with van der Waals surface area (Å²) < 4.78 is 31.9. The minimum atomic E-state index is -3.72. The van der Waals surface area contributed by atoms with Crippen LogP contribution < -0.4 is 5.32 Å². The second-order valence-corrected chi connectivity index (χ2v) is 9.60. The summed E-state index contributed by atoms with van der Waals surface area (Å²) in [6.45, 7) is 3.59. The van der Waals surface area contributed by atoms with E-state index in [1.807, 2.05) is 42.5 Å². The van der Waals surface area contributed by atoms with Gasteiger partial charge in [0, 0.05) is 13.1 Å². The van der Waals surface area contributed by atoms with E-state index in [1.165, 1.54) is 22.5 Å². The summed E-state index contributed by atoms with van der Waals surface area (Å²) in [5.74, 6) is -1.17. The van der Waals surface area contributed by atoms with E-state index >= 15 is 0 Å². The van der Waals surface area contributed by atoms with Crippen LogP contribution in [0.2, 0.25) is 5.02 Å². The quantitative estimate of drug-likeness (QED) is 0.454. The number of hydrogen-bond acceptors (Lipinski definition) is 5. The molecule has 3 aromatic rings. The van der Waals surface area contributed by atoms with E-state index < -0.39 is 28.5 Å². The van der Waals surface area contributed by atoms with Crippen molar-refractivity contribution in [2.75, 3.05) is 25.0 Å². The molecule has 0 saturated heterocycles. The number of carbonyl (C=O) groups is 2. The van der Waals surface area contributed by atoms with Gasteiger partial charge in [-0.2, -0.15) is 4.31 Å². The number of hydrogen-bond donors (Lipinski definition) is 1. The Balaban J connectivity index is 1.64. The van der Waals surface area contributed by atoms with Crippen LogP contribution in [0.4, 0.5) is 5.69 Å². The fraction of sp³-hybridized carbons (Fsp3) is 0.250. The molecular weight excluding hydrogens is 464 g/mol. The average molecular weight is 489 g/mol. The molecular formula is C24H25ClN2O5S. The number of rotatable bonds is 9. The Morgan fingerprint density at radius 3 is 2.42 bits per heavy atom. The van der Waals surface area contributed by atoms with Gasteiger partial charge in [0.1, 0.15) is 0 Å². The monoisotopic (exact) mass is 488 g/mol. The lowest BCUT2D eigenvalue weighted by Gasteiger charge is -2.19. The van der Waals surface area contributed by atoms with E-state index in [-0.39, 0.29) is 22.0 Å².